The first-order valence-corrected chi connectivity index (χ1v) is 11.3. The molecule has 38 heavy (non-hydrogen) atoms. The lowest BCUT2D eigenvalue weighted by Gasteiger charge is -2.13. The Balaban J connectivity index is 1.87. The molecule has 0 N–H and O–H groups in total. The van der Waals surface area contributed by atoms with Crippen LogP contribution in [0.2, 0.25) is 0 Å². The van der Waals surface area contributed by atoms with Gasteiger partial charge in [0.25, 0.3) is 0 Å². The lowest BCUT2D eigenvalue weighted by atomic mass is 10.0. The maximum absolute atomic E-state index is 14.5. The molecular weight excluding hydrogens is 504 g/mol. The normalized spacial score (nSPS) is 11.7. The summed E-state index contributed by atoms with van der Waals surface area (Å²) in [5.74, 6) is 0.362. The molecular formula is C29H26F4O5. The van der Waals surface area contributed by atoms with Crippen LogP contribution in [-0.2, 0) is 12.6 Å². The molecule has 0 aliphatic carbocycles. The highest BCUT2D eigenvalue weighted by Gasteiger charge is 2.30. The van der Waals surface area contributed by atoms with E-state index in [-0.39, 0.29) is 17.7 Å². The van der Waals surface area contributed by atoms with Crippen molar-refractivity contribution < 1.29 is 41.3 Å². The fraction of sp³-hybridized carbons (Fsp3) is 0.207. The van der Waals surface area contributed by atoms with Gasteiger partial charge in [0, 0.05) is 5.56 Å². The van der Waals surface area contributed by atoms with Gasteiger partial charge in [-0.15, -0.1) is 0 Å². The number of ketones is 1. The number of allylic oxidation sites excluding steroid dienone is 2. The van der Waals surface area contributed by atoms with Crippen molar-refractivity contribution in [3.63, 3.8) is 0 Å². The van der Waals surface area contributed by atoms with Gasteiger partial charge in [-0.05, 0) is 65.6 Å². The van der Waals surface area contributed by atoms with E-state index in [0.717, 1.165) is 24.3 Å². The van der Waals surface area contributed by atoms with Crippen LogP contribution in [0.15, 0.2) is 60.7 Å². The third kappa shape index (κ3) is 6.73. The number of hydrogen-bond donors (Lipinski definition) is 0. The molecule has 0 radical (unpaired) electrons. The van der Waals surface area contributed by atoms with Crippen molar-refractivity contribution in [1.82, 2.24) is 0 Å². The molecule has 0 saturated heterocycles. The second-order valence-electron chi connectivity index (χ2n) is 8.02. The third-order valence-corrected chi connectivity index (χ3v) is 5.66. The van der Waals surface area contributed by atoms with E-state index in [1.165, 1.54) is 46.6 Å². The van der Waals surface area contributed by atoms with Crippen LogP contribution in [-0.4, -0.2) is 34.2 Å². The smallest absolute Gasteiger partial charge is 0.416 e. The molecule has 5 nitrogen and oxygen atoms in total. The van der Waals surface area contributed by atoms with Gasteiger partial charge in [-0.1, -0.05) is 30.4 Å². The summed E-state index contributed by atoms with van der Waals surface area (Å²) in [6, 6.07) is 10.3. The average Bonchev–Trinajstić information content (AvgIpc) is 2.91. The summed E-state index contributed by atoms with van der Waals surface area (Å²) in [6.07, 6.45) is 2.02. The summed E-state index contributed by atoms with van der Waals surface area (Å²) in [5.41, 5.74) is 1.18. The van der Waals surface area contributed by atoms with Gasteiger partial charge in [0.1, 0.15) is 0 Å². The van der Waals surface area contributed by atoms with Crippen LogP contribution < -0.4 is 18.9 Å². The SMILES string of the molecule is COc1cc(C/C=C\C(=O)c2ccc(C(F)(F)F)cc2)c(/C=C\c2cc(OC)c(OC)c(OC)c2)cc1F. The third-order valence-electron chi connectivity index (χ3n) is 5.66. The minimum absolute atomic E-state index is 0.0346. The molecule has 9 heteroatoms. The highest BCUT2D eigenvalue weighted by atomic mass is 19.4. The zero-order valence-electron chi connectivity index (χ0n) is 21.2. The zero-order valence-corrected chi connectivity index (χ0v) is 21.2. The second-order valence-corrected chi connectivity index (χ2v) is 8.02. The number of alkyl halides is 3. The molecule has 0 heterocycles. The molecule has 0 amide bonds. The van der Waals surface area contributed by atoms with Crippen molar-refractivity contribution in [3.8, 4) is 23.0 Å². The fourth-order valence-electron chi connectivity index (χ4n) is 3.70. The van der Waals surface area contributed by atoms with Gasteiger partial charge in [-0.3, -0.25) is 4.79 Å². The number of ether oxygens (including phenoxy) is 4. The van der Waals surface area contributed by atoms with Crippen molar-refractivity contribution in [1.29, 1.82) is 0 Å². The van der Waals surface area contributed by atoms with Crippen molar-refractivity contribution in [2.45, 2.75) is 12.6 Å². The van der Waals surface area contributed by atoms with Gasteiger partial charge in [0.15, 0.2) is 28.8 Å². The number of halogens is 4. The van der Waals surface area contributed by atoms with Gasteiger partial charge in [-0.2, -0.15) is 13.2 Å². The van der Waals surface area contributed by atoms with Crippen LogP contribution in [0.3, 0.4) is 0 Å². The molecule has 0 fully saturated rings. The fourth-order valence-corrected chi connectivity index (χ4v) is 3.70. The first-order valence-electron chi connectivity index (χ1n) is 11.3. The molecule has 0 aliphatic rings. The lowest BCUT2D eigenvalue weighted by molar-refractivity contribution is -0.137. The van der Waals surface area contributed by atoms with E-state index in [9.17, 15) is 22.4 Å². The summed E-state index contributed by atoms with van der Waals surface area (Å²) in [4.78, 5) is 12.4. The van der Waals surface area contributed by atoms with E-state index >= 15 is 0 Å². The molecule has 0 aliphatic heterocycles. The lowest BCUT2D eigenvalue weighted by Crippen LogP contribution is -2.05. The largest absolute Gasteiger partial charge is 0.494 e. The summed E-state index contributed by atoms with van der Waals surface area (Å²) >= 11 is 0. The molecule has 3 aromatic carbocycles. The van der Waals surface area contributed by atoms with E-state index in [1.54, 1.807) is 30.4 Å². The van der Waals surface area contributed by atoms with Crippen molar-refractivity contribution in [2.24, 2.45) is 0 Å². The van der Waals surface area contributed by atoms with E-state index in [2.05, 4.69) is 0 Å². The van der Waals surface area contributed by atoms with Gasteiger partial charge >= 0.3 is 6.18 Å². The topological polar surface area (TPSA) is 54.0 Å². The molecule has 200 valence electrons. The maximum Gasteiger partial charge on any atom is 0.416 e. The Morgan fingerprint density at radius 1 is 0.816 bits per heavy atom. The van der Waals surface area contributed by atoms with Gasteiger partial charge in [-0.25, -0.2) is 4.39 Å². The number of methoxy groups -OCH3 is 4. The summed E-state index contributed by atoms with van der Waals surface area (Å²) in [6.45, 7) is 0. The predicted molar refractivity (Wildman–Crippen MR) is 137 cm³/mol. The summed E-state index contributed by atoms with van der Waals surface area (Å²) in [5, 5.41) is 0. The van der Waals surface area contributed by atoms with Gasteiger partial charge < -0.3 is 18.9 Å². The van der Waals surface area contributed by atoms with E-state index in [0.29, 0.717) is 33.9 Å². The molecule has 3 aromatic rings. The average molecular weight is 531 g/mol. The van der Waals surface area contributed by atoms with Crippen LogP contribution in [0.25, 0.3) is 12.2 Å². The Hall–Kier alpha value is -4.27. The Morgan fingerprint density at radius 2 is 1.42 bits per heavy atom. The number of benzene rings is 3. The second kappa shape index (κ2) is 12.3. The standard InChI is InChI=1S/C29H26F4O5/c1-35-25-17-20(6-5-7-24(34)19-10-12-22(13-11-19)29(31,32)33)21(16-23(25)30)9-8-18-14-26(36-2)28(38-4)27(15-18)37-3/h5,7-17H,6H2,1-4H3/b7-5-,9-8-. The first-order chi connectivity index (χ1) is 18.1. The molecule has 0 atom stereocenters. The summed E-state index contributed by atoms with van der Waals surface area (Å²) in [7, 11) is 5.84. The quantitative estimate of drug-likeness (QED) is 0.122. The highest BCUT2D eigenvalue weighted by Crippen LogP contribution is 2.39. The number of carbonyl (C=O) groups excluding carboxylic acids is 1. The predicted octanol–water partition coefficient (Wildman–Crippen LogP) is 7.03. The zero-order chi connectivity index (χ0) is 27.9. The summed E-state index contributed by atoms with van der Waals surface area (Å²) < 4.78 is 74.0. The van der Waals surface area contributed by atoms with Crippen LogP contribution >= 0.6 is 0 Å². The Labute approximate surface area is 217 Å². The minimum atomic E-state index is -4.48. The highest BCUT2D eigenvalue weighted by molar-refractivity contribution is 6.04. The number of rotatable bonds is 10. The Morgan fingerprint density at radius 3 is 1.95 bits per heavy atom. The number of hydrogen-bond acceptors (Lipinski definition) is 5. The van der Waals surface area contributed by atoms with E-state index < -0.39 is 23.3 Å². The van der Waals surface area contributed by atoms with Crippen LogP contribution in [0.4, 0.5) is 17.6 Å². The van der Waals surface area contributed by atoms with Gasteiger partial charge in [0.2, 0.25) is 5.75 Å². The van der Waals surface area contributed by atoms with E-state index in [4.69, 9.17) is 18.9 Å². The molecule has 3 rings (SSSR count). The Bertz CT molecular complexity index is 1320. The van der Waals surface area contributed by atoms with Crippen molar-refractivity contribution >= 4 is 17.9 Å². The van der Waals surface area contributed by atoms with Crippen LogP contribution in [0.5, 0.6) is 23.0 Å². The van der Waals surface area contributed by atoms with Crippen LogP contribution in [0.1, 0.15) is 32.6 Å². The number of carbonyl (C=O) groups is 1. The molecule has 0 bridgehead atoms. The van der Waals surface area contributed by atoms with Crippen molar-refractivity contribution in [2.75, 3.05) is 28.4 Å². The Kier molecular flexibility index (Phi) is 9.17. The minimum Gasteiger partial charge on any atom is -0.494 e. The molecule has 0 unspecified atom stereocenters. The molecule has 0 saturated carbocycles. The van der Waals surface area contributed by atoms with E-state index in [1.807, 2.05) is 0 Å². The molecule has 0 aromatic heterocycles. The first kappa shape index (κ1) is 28.3. The monoisotopic (exact) mass is 530 g/mol. The van der Waals surface area contributed by atoms with Crippen LogP contribution in [0, 0.1) is 5.82 Å². The van der Waals surface area contributed by atoms with Crippen molar-refractivity contribution in [3.05, 3.63) is 94.3 Å². The van der Waals surface area contributed by atoms with Gasteiger partial charge in [0.05, 0.1) is 34.0 Å². The molecule has 0 spiro atoms. The maximum atomic E-state index is 14.5.